The van der Waals surface area contributed by atoms with Crippen LogP contribution in [0.25, 0.3) is 11.0 Å². The summed E-state index contributed by atoms with van der Waals surface area (Å²) in [6, 6.07) is 8.93. The number of aromatic nitrogens is 2. The minimum Gasteiger partial charge on any atom is -0.342 e. The van der Waals surface area contributed by atoms with Gasteiger partial charge in [0, 0.05) is 18.5 Å². The molecule has 3 nitrogen and oxygen atoms in total. The lowest BCUT2D eigenvalue weighted by molar-refractivity contribution is 0.165. The molecular formula is C15H21N3. The van der Waals surface area contributed by atoms with Crippen molar-refractivity contribution in [3.63, 3.8) is 0 Å². The summed E-state index contributed by atoms with van der Waals surface area (Å²) < 4.78 is 0. The van der Waals surface area contributed by atoms with Gasteiger partial charge in [-0.15, -0.1) is 0 Å². The van der Waals surface area contributed by atoms with E-state index in [1.807, 2.05) is 6.07 Å². The summed E-state index contributed by atoms with van der Waals surface area (Å²) in [5, 5.41) is 0. The minimum absolute atomic E-state index is 0.563. The smallest absolute Gasteiger partial charge is 0.111 e. The summed E-state index contributed by atoms with van der Waals surface area (Å²) in [7, 11) is 0. The van der Waals surface area contributed by atoms with Crippen LogP contribution in [0.15, 0.2) is 24.3 Å². The lowest BCUT2D eigenvalue weighted by Gasteiger charge is -2.34. The van der Waals surface area contributed by atoms with E-state index < -0.39 is 0 Å². The SMILES string of the molecule is CC(C)N1CCCC(c2nc3ccccc3[nH]2)C1. The number of benzene rings is 1. The molecule has 3 heteroatoms. The molecule has 1 aromatic carbocycles. The summed E-state index contributed by atoms with van der Waals surface area (Å²) in [5.41, 5.74) is 2.25. The Morgan fingerprint density at radius 1 is 1.33 bits per heavy atom. The van der Waals surface area contributed by atoms with Crippen molar-refractivity contribution in [2.45, 2.75) is 38.6 Å². The van der Waals surface area contributed by atoms with Crippen LogP contribution in [-0.4, -0.2) is 34.0 Å². The highest BCUT2D eigenvalue weighted by atomic mass is 15.2. The number of piperidine rings is 1. The van der Waals surface area contributed by atoms with Crippen molar-refractivity contribution < 1.29 is 0 Å². The van der Waals surface area contributed by atoms with E-state index in [0.29, 0.717) is 12.0 Å². The van der Waals surface area contributed by atoms with Crippen molar-refractivity contribution in [3.05, 3.63) is 30.1 Å². The van der Waals surface area contributed by atoms with Crippen LogP contribution in [0.1, 0.15) is 38.4 Å². The molecule has 96 valence electrons. The third-order valence-corrected chi connectivity index (χ3v) is 3.98. The highest BCUT2D eigenvalue weighted by Crippen LogP contribution is 2.27. The molecule has 1 unspecified atom stereocenters. The molecule has 3 rings (SSSR count). The van der Waals surface area contributed by atoms with Gasteiger partial charge in [-0.2, -0.15) is 0 Å². The fraction of sp³-hybridized carbons (Fsp3) is 0.533. The first-order chi connectivity index (χ1) is 8.74. The topological polar surface area (TPSA) is 31.9 Å². The maximum Gasteiger partial charge on any atom is 0.111 e. The van der Waals surface area contributed by atoms with Gasteiger partial charge in [-0.1, -0.05) is 12.1 Å². The van der Waals surface area contributed by atoms with E-state index in [1.165, 1.54) is 25.2 Å². The van der Waals surface area contributed by atoms with Crippen LogP contribution in [-0.2, 0) is 0 Å². The number of likely N-dealkylation sites (tertiary alicyclic amines) is 1. The molecule has 1 aliphatic heterocycles. The van der Waals surface area contributed by atoms with Gasteiger partial charge in [0.15, 0.2) is 0 Å². The van der Waals surface area contributed by atoms with E-state index in [9.17, 15) is 0 Å². The zero-order chi connectivity index (χ0) is 12.5. The maximum atomic E-state index is 4.75. The number of rotatable bonds is 2. The van der Waals surface area contributed by atoms with Crippen molar-refractivity contribution in [3.8, 4) is 0 Å². The Kier molecular flexibility index (Phi) is 3.08. The zero-order valence-corrected chi connectivity index (χ0v) is 11.2. The zero-order valence-electron chi connectivity index (χ0n) is 11.2. The molecule has 1 atom stereocenters. The number of fused-ring (bicyclic) bond motifs is 1. The quantitative estimate of drug-likeness (QED) is 0.878. The molecular weight excluding hydrogens is 222 g/mol. The number of para-hydroxylation sites is 2. The van der Waals surface area contributed by atoms with Crippen molar-refractivity contribution in [2.24, 2.45) is 0 Å². The monoisotopic (exact) mass is 243 g/mol. The Hall–Kier alpha value is -1.35. The molecule has 1 N–H and O–H groups in total. The molecule has 2 aromatic rings. The summed E-state index contributed by atoms with van der Waals surface area (Å²) in [4.78, 5) is 10.8. The van der Waals surface area contributed by atoms with Crippen LogP contribution in [0, 0.1) is 0 Å². The third kappa shape index (κ3) is 2.15. The molecule has 1 fully saturated rings. The van der Waals surface area contributed by atoms with Crippen molar-refractivity contribution in [1.82, 2.24) is 14.9 Å². The van der Waals surface area contributed by atoms with Gasteiger partial charge in [0.05, 0.1) is 11.0 Å². The molecule has 0 bridgehead atoms. The van der Waals surface area contributed by atoms with Gasteiger partial charge in [-0.3, -0.25) is 0 Å². The van der Waals surface area contributed by atoms with Gasteiger partial charge in [0.25, 0.3) is 0 Å². The number of nitrogens with one attached hydrogen (secondary N) is 1. The normalized spacial score (nSPS) is 21.8. The molecule has 0 spiro atoms. The van der Waals surface area contributed by atoms with Gasteiger partial charge < -0.3 is 9.88 Å². The molecule has 0 radical (unpaired) electrons. The van der Waals surface area contributed by atoms with Crippen LogP contribution in [0.5, 0.6) is 0 Å². The largest absolute Gasteiger partial charge is 0.342 e. The van der Waals surface area contributed by atoms with Crippen LogP contribution in [0.3, 0.4) is 0 Å². The van der Waals surface area contributed by atoms with Crippen molar-refractivity contribution >= 4 is 11.0 Å². The highest BCUT2D eigenvalue weighted by molar-refractivity contribution is 5.74. The van der Waals surface area contributed by atoms with Crippen LogP contribution in [0.4, 0.5) is 0 Å². The molecule has 18 heavy (non-hydrogen) atoms. The molecule has 1 aromatic heterocycles. The number of hydrogen-bond donors (Lipinski definition) is 1. The predicted octanol–water partition coefficient (Wildman–Crippen LogP) is 3.15. The van der Waals surface area contributed by atoms with E-state index in [1.54, 1.807) is 0 Å². The second-order valence-corrected chi connectivity index (χ2v) is 5.57. The molecule has 0 amide bonds. The lowest BCUT2D eigenvalue weighted by atomic mass is 9.96. The number of imidazole rings is 1. The first kappa shape index (κ1) is 11.7. The molecule has 0 saturated carbocycles. The Labute approximate surface area is 108 Å². The van der Waals surface area contributed by atoms with Gasteiger partial charge in [-0.05, 0) is 45.4 Å². The van der Waals surface area contributed by atoms with Gasteiger partial charge in [-0.25, -0.2) is 4.98 Å². The number of aromatic amines is 1. The van der Waals surface area contributed by atoms with Gasteiger partial charge in [0.2, 0.25) is 0 Å². The Morgan fingerprint density at radius 3 is 2.94 bits per heavy atom. The minimum atomic E-state index is 0.563. The Balaban J connectivity index is 1.85. The number of hydrogen-bond acceptors (Lipinski definition) is 2. The van der Waals surface area contributed by atoms with Crippen molar-refractivity contribution in [2.75, 3.05) is 13.1 Å². The molecule has 1 saturated heterocycles. The van der Waals surface area contributed by atoms with E-state index in [0.717, 1.165) is 17.6 Å². The average Bonchev–Trinajstić information content (AvgIpc) is 2.82. The van der Waals surface area contributed by atoms with E-state index in [2.05, 4.69) is 41.9 Å². The molecule has 0 aliphatic carbocycles. The lowest BCUT2D eigenvalue weighted by Crippen LogP contribution is -2.39. The fourth-order valence-electron chi connectivity index (χ4n) is 2.86. The summed E-state index contributed by atoms with van der Waals surface area (Å²) in [6.07, 6.45) is 2.53. The van der Waals surface area contributed by atoms with Crippen LogP contribution >= 0.6 is 0 Å². The highest BCUT2D eigenvalue weighted by Gasteiger charge is 2.24. The number of H-pyrrole nitrogens is 1. The van der Waals surface area contributed by atoms with E-state index in [-0.39, 0.29) is 0 Å². The first-order valence-electron chi connectivity index (χ1n) is 6.93. The fourth-order valence-corrected chi connectivity index (χ4v) is 2.86. The van der Waals surface area contributed by atoms with Crippen molar-refractivity contribution in [1.29, 1.82) is 0 Å². The third-order valence-electron chi connectivity index (χ3n) is 3.98. The van der Waals surface area contributed by atoms with Crippen LogP contribution < -0.4 is 0 Å². The standard InChI is InChI=1S/C15H21N3/c1-11(2)18-9-5-6-12(10-18)15-16-13-7-3-4-8-14(13)17-15/h3-4,7-8,11-12H,5-6,9-10H2,1-2H3,(H,16,17). The predicted molar refractivity (Wildman–Crippen MR) is 74.8 cm³/mol. The van der Waals surface area contributed by atoms with Gasteiger partial charge in [0.1, 0.15) is 5.82 Å². The molecule has 1 aliphatic rings. The average molecular weight is 243 g/mol. The Morgan fingerprint density at radius 2 is 2.17 bits per heavy atom. The first-order valence-corrected chi connectivity index (χ1v) is 6.93. The second kappa shape index (κ2) is 4.73. The summed E-state index contributed by atoms with van der Waals surface area (Å²) in [5.74, 6) is 1.73. The summed E-state index contributed by atoms with van der Waals surface area (Å²) in [6.45, 7) is 6.92. The van der Waals surface area contributed by atoms with E-state index in [4.69, 9.17) is 4.98 Å². The summed E-state index contributed by atoms with van der Waals surface area (Å²) >= 11 is 0. The molecule has 2 heterocycles. The maximum absolute atomic E-state index is 4.75. The Bertz CT molecular complexity index is 496. The second-order valence-electron chi connectivity index (χ2n) is 5.57. The van der Waals surface area contributed by atoms with E-state index >= 15 is 0 Å². The van der Waals surface area contributed by atoms with Gasteiger partial charge >= 0.3 is 0 Å². The van der Waals surface area contributed by atoms with Crippen LogP contribution in [0.2, 0.25) is 0 Å². The number of nitrogens with zero attached hydrogens (tertiary/aromatic N) is 2.